The van der Waals surface area contributed by atoms with Gasteiger partial charge in [0.1, 0.15) is 13.2 Å². The highest BCUT2D eigenvalue weighted by Crippen LogP contribution is 2.34. The van der Waals surface area contributed by atoms with Crippen molar-refractivity contribution in [1.29, 1.82) is 0 Å². The summed E-state index contributed by atoms with van der Waals surface area (Å²) in [6.07, 6.45) is 3.06. The number of benzene rings is 3. The summed E-state index contributed by atoms with van der Waals surface area (Å²) in [7, 11) is 1.50. The Morgan fingerprint density at radius 3 is 2.42 bits per heavy atom. The Bertz CT molecular complexity index is 1130. The zero-order chi connectivity index (χ0) is 23.6. The van der Waals surface area contributed by atoms with E-state index in [1.54, 1.807) is 36.4 Å². The molecule has 1 amide bonds. The molecule has 0 heterocycles. The van der Waals surface area contributed by atoms with E-state index in [1.165, 1.54) is 13.3 Å². The Kier molecular flexibility index (Phi) is 8.75. The Morgan fingerprint density at radius 1 is 1.03 bits per heavy atom. The molecule has 0 unspecified atom stereocenters. The van der Waals surface area contributed by atoms with Gasteiger partial charge in [-0.05, 0) is 41.5 Å². The molecule has 0 aliphatic carbocycles. The van der Waals surface area contributed by atoms with Crippen LogP contribution >= 0.6 is 23.2 Å². The molecule has 0 radical (unpaired) electrons. The van der Waals surface area contributed by atoms with Gasteiger partial charge in [-0.3, -0.25) is 4.79 Å². The van der Waals surface area contributed by atoms with Crippen LogP contribution in [0, 0.1) is 0 Å². The third kappa shape index (κ3) is 6.75. The fourth-order valence-electron chi connectivity index (χ4n) is 2.83. The first-order chi connectivity index (χ1) is 16.0. The first-order valence-corrected chi connectivity index (χ1v) is 10.7. The molecule has 33 heavy (non-hydrogen) atoms. The predicted octanol–water partition coefficient (Wildman–Crippen LogP) is 5.91. The highest BCUT2D eigenvalue weighted by atomic mass is 35.5. The van der Waals surface area contributed by atoms with Crippen molar-refractivity contribution in [3.63, 3.8) is 0 Å². The van der Waals surface area contributed by atoms with Crippen molar-refractivity contribution < 1.29 is 19.0 Å². The van der Waals surface area contributed by atoms with Crippen LogP contribution in [0.5, 0.6) is 17.2 Å². The molecule has 3 aromatic carbocycles. The van der Waals surface area contributed by atoms with Crippen molar-refractivity contribution in [1.82, 2.24) is 5.43 Å². The molecule has 0 fully saturated rings. The Labute approximate surface area is 202 Å². The maximum Gasteiger partial charge on any atom is 0.271 e. The van der Waals surface area contributed by atoms with Crippen LogP contribution in [0.1, 0.15) is 21.5 Å². The van der Waals surface area contributed by atoms with Gasteiger partial charge in [-0.25, -0.2) is 5.43 Å². The first kappa shape index (κ1) is 24.2. The number of halogens is 2. The summed E-state index contributed by atoms with van der Waals surface area (Å²) >= 11 is 12.7. The molecule has 1 N–H and O–H groups in total. The normalized spacial score (nSPS) is 10.6. The number of rotatable bonds is 10. The fraction of sp³-hybridized carbons (Fsp3) is 0.120. The number of hydrazone groups is 1. The summed E-state index contributed by atoms with van der Waals surface area (Å²) in [5, 5.41) is 4.66. The molecule has 0 aliphatic heterocycles. The molecule has 8 heteroatoms. The smallest absolute Gasteiger partial charge is 0.271 e. The fourth-order valence-corrected chi connectivity index (χ4v) is 3.44. The third-order valence-corrected chi connectivity index (χ3v) is 4.97. The second-order valence-corrected chi connectivity index (χ2v) is 7.57. The maximum atomic E-state index is 12.4. The lowest BCUT2D eigenvalue weighted by Gasteiger charge is -2.11. The van der Waals surface area contributed by atoms with Crippen molar-refractivity contribution in [2.24, 2.45) is 5.10 Å². The van der Waals surface area contributed by atoms with E-state index in [4.69, 9.17) is 37.4 Å². The van der Waals surface area contributed by atoms with Gasteiger partial charge in [0.15, 0.2) is 17.2 Å². The number of hydrogen-bond donors (Lipinski definition) is 1. The van der Waals surface area contributed by atoms with E-state index in [0.29, 0.717) is 51.6 Å². The maximum absolute atomic E-state index is 12.4. The minimum atomic E-state index is -0.417. The Morgan fingerprint density at radius 2 is 1.76 bits per heavy atom. The first-order valence-electron chi connectivity index (χ1n) is 9.92. The third-order valence-electron chi connectivity index (χ3n) is 4.41. The van der Waals surface area contributed by atoms with Crippen molar-refractivity contribution in [2.45, 2.75) is 6.61 Å². The summed E-state index contributed by atoms with van der Waals surface area (Å²) in [5.74, 6) is 0.906. The predicted molar refractivity (Wildman–Crippen MR) is 131 cm³/mol. The van der Waals surface area contributed by atoms with Crippen LogP contribution in [-0.2, 0) is 6.61 Å². The molecule has 0 aliphatic rings. The number of carbonyl (C=O) groups excluding carboxylic acids is 1. The topological polar surface area (TPSA) is 69.2 Å². The number of nitrogens with zero attached hydrogens (tertiary/aromatic N) is 1. The van der Waals surface area contributed by atoms with Crippen molar-refractivity contribution >= 4 is 35.3 Å². The van der Waals surface area contributed by atoms with Crippen molar-refractivity contribution in [3.05, 3.63) is 100 Å². The molecule has 6 nitrogen and oxygen atoms in total. The van der Waals surface area contributed by atoms with Crippen LogP contribution < -0.4 is 19.6 Å². The van der Waals surface area contributed by atoms with Crippen LogP contribution in [0.15, 0.2) is 78.4 Å². The average Bonchev–Trinajstić information content (AvgIpc) is 2.82. The van der Waals surface area contributed by atoms with Crippen molar-refractivity contribution in [3.8, 4) is 17.2 Å². The second kappa shape index (κ2) is 11.9. The molecule has 0 saturated carbocycles. The number of amides is 1. The summed E-state index contributed by atoms with van der Waals surface area (Å²) in [6, 6.07) is 17.8. The summed E-state index contributed by atoms with van der Waals surface area (Å²) in [6.45, 7) is 4.27. The van der Waals surface area contributed by atoms with E-state index in [0.717, 1.165) is 5.56 Å². The lowest BCUT2D eigenvalue weighted by molar-refractivity contribution is 0.0954. The quantitative estimate of drug-likeness (QED) is 0.220. The van der Waals surface area contributed by atoms with Gasteiger partial charge in [0, 0.05) is 5.56 Å². The van der Waals surface area contributed by atoms with Gasteiger partial charge in [0.05, 0.1) is 23.4 Å². The molecule has 0 spiro atoms. The largest absolute Gasteiger partial charge is 0.493 e. The zero-order valence-electron chi connectivity index (χ0n) is 17.9. The van der Waals surface area contributed by atoms with Gasteiger partial charge >= 0.3 is 0 Å². The van der Waals surface area contributed by atoms with E-state index in [9.17, 15) is 4.79 Å². The Balaban J connectivity index is 1.63. The minimum Gasteiger partial charge on any atom is -0.493 e. The van der Waals surface area contributed by atoms with Crippen LogP contribution in [-0.4, -0.2) is 25.8 Å². The van der Waals surface area contributed by atoms with E-state index in [2.05, 4.69) is 17.1 Å². The van der Waals surface area contributed by atoms with Gasteiger partial charge in [-0.1, -0.05) is 66.2 Å². The lowest BCUT2D eigenvalue weighted by atomic mass is 10.2. The van der Waals surface area contributed by atoms with Gasteiger partial charge < -0.3 is 14.2 Å². The minimum absolute atomic E-state index is 0.327. The average molecular weight is 485 g/mol. The van der Waals surface area contributed by atoms with Crippen LogP contribution in [0.25, 0.3) is 0 Å². The summed E-state index contributed by atoms with van der Waals surface area (Å²) in [5.41, 5.74) is 4.41. The molecule has 0 atom stereocenters. The zero-order valence-corrected chi connectivity index (χ0v) is 19.4. The van der Waals surface area contributed by atoms with Gasteiger partial charge in [0.2, 0.25) is 0 Å². The number of ether oxygens (including phenoxy) is 3. The monoisotopic (exact) mass is 484 g/mol. The molecular weight excluding hydrogens is 463 g/mol. The number of methoxy groups -OCH3 is 1. The lowest BCUT2D eigenvalue weighted by Crippen LogP contribution is -2.17. The van der Waals surface area contributed by atoms with Gasteiger partial charge in [-0.2, -0.15) is 5.10 Å². The standard InChI is InChI=1S/C25H22Cl2N2O4/c1-3-11-32-22-10-9-19(14-23(22)31-2)25(30)29-28-15-18-12-20(26)24(21(27)13-18)33-16-17-7-5-4-6-8-17/h3-10,12-15H,1,11,16H2,2H3,(H,29,30)/b28-15+. The van der Waals surface area contributed by atoms with Gasteiger partial charge in [0.25, 0.3) is 5.91 Å². The highest BCUT2D eigenvalue weighted by molar-refractivity contribution is 6.37. The highest BCUT2D eigenvalue weighted by Gasteiger charge is 2.12. The van der Waals surface area contributed by atoms with Crippen LogP contribution in [0.2, 0.25) is 10.0 Å². The molecule has 3 rings (SSSR count). The van der Waals surface area contributed by atoms with E-state index < -0.39 is 5.91 Å². The molecule has 170 valence electrons. The molecule has 0 bridgehead atoms. The summed E-state index contributed by atoms with van der Waals surface area (Å²) < 4.78 is 16.5. The van der Waals surface area contributed by atoms with E-state index >= 15 is 0 Å². The number of hydrogen-bond acceptors (Lipinski definition) is 5. The molecule has 3 aromatic rings. The van der Waals surface area contributed by atoms with Gasteiger partial charge in [-0.15, -0.1) is 0 Å². The van der Waals surface area contributed by atoms with E-state index in [1.807, 2.05) is 30.3 Å². The molecule has 0 aromatic heterocycles. The molecular formula is C25H22Cl2N2O4. The Hall–Kier alpha value is -3.48. The number of nitrogens with one attached hydrogen (secondary N) is 1. The SMILES string of the molecule is C=CCOc1ccc(C(=O)N/N=C/c2cc(Cl)c(OCc3ccccc3)c(Cl)c2)cc1OC. The molecule has 0 saturated heterocycles. The van der Waals surface area contributed by atoms with Crippen LogP contribution in [0.4, 0.5) is 0 Å². The van der Waals surface area contributed by atoms with Crippen LogP contribution in [0.3, 0.4) is 0 Å². The summed E-state index contributed by atoms with van der Waals surface area (Å²) in [4.78, 5) is 12.4. The van der Waals surface area contributed by atoms with E-state index in [-0.39, 0.29) is 0 Å². The number of carbonyl (C=O) groups is 1. The van der Waals surface area contributed by atoms with Crippen molar-refractivity contribution in [2.75, 3.05) is 13.7 Å². The second-order valence-electron chi connectivity index (χ2n) is 6.75.